The molecule has 1 unspecified atom stereocenters. The van der Waals surface area contributed by atoms with Crippen LogP contribution in [0.4, 0.5) is 5.69 Å². The van der Waals surface area contributed by atoms with E-state index >= 15 is 0 Å². The van der Waals surface area contributed by atoms with Gasteiger partial charge in [-0.3, -0.25) is 0 Å². The molecule has 0 aromatic heterocycles. The Hall–Kier alpha value is -1.51. The summed E-state index contributed by atoms with van der Waals surface area (Å²) in [5, 5.41) is 3.16. The van der Waals surface area contributed by atoms with Crippen LogP contribution in [0.15, 0.2) is 29.3 Å². The highest BCUT2D eigenvalue weighted by atomic mass is 15.1. The molecule has 1 fully saturated rings. The molecule has 1 atom stereocenters. The number of nitrogens with two attached hydrogens (primary N) is 1. The van der Waals surface area contributed by atoms with E-state index in [0.29, 0.717) is 17.4 Å². The fourth-order valence-electron chi connectivity index (χ4n) is 2.26. The topological polar surface area (TPSA) is 50.4 Å². The molecule has 0 bridgehead atoms. The summed E-state index contributed by atoms with van der Waals surface area (Å²) < 4.78 is 0. The van der Waals surface area contributed by atoms with Crippen molar-refractivity contribution in [1.82, 2.24) is 0 Å². The zero-order valence-electron chi connectivity index (χ0n) is 11.5. The molecule has 0 amide bonds. The maximum atomic E-state index is 5.95. The third-order valence-corrected chi connectivity index (χ3v) is 3.89. The van der Waals surface area contributed by atoms with Gasteiger partial charge in [-0.2, -0.15) is 0 Å². The molecule has 3 nitrogen and oxygen atoms in total. The quantitative estimate of drug-likeness (QED) is 0.635. The summed E-state index contributed by atoms with van der Waals surface area (Å²) in [7, 11) is 0. The highest BCUT2D eigenvalue weighted by Gasteiger charge is 2.38. The van der Waals surface area contributed by atoms with Crippen molar-refractivity contribution in [1.29, 1.82) is 0 Å². The summed E-state index contributed by atoms with van der Waals surface area (Å²) in [5.74, 6) is 0.525. The minimum Gasteiger partial charge on any atom is -0.370 e. The number of anilines is 1. The van der Waals surface area contributed by atoms with E-state index in [2.05, 4.69) is 43.2 Å². The first-order chi connectivity index (χ1) is 8.51. The molecular weight excluding hydrogens is 222 g/mol. The zero-order chi connectivity index (χ0) is 13.2. The van der Waals surface area contributed by atoms with Gasteiger partial charge in [0, 0.05) is 5.69 Å². The maximum absolute atomic E-state index is 5.95. The second-order valence-electron chi connectivity index (χ2n) is 5.73. The van der Waals surface area contributed by atoms with E-state index in [1.165, 1.54) is 12.0 Å². The Labute approximate surface area is 109 Å². The second-order valence-corrected chi connectivity index (χ2v) is 5.73. The number of aliphatic imine (C=N–C) groups is 1. The SMILES string of the molecule is CCc1ccc(NC(N)=NC2CCC2(C)C)cc1. The molecule has 1 aromatic rings. The van der Waals surface area contributed by atoms with Gasteiger partial charge in [0.2, 0.25) is 0 Å². The van der Waals surface area contributed by atoms with Crippen molar-refractivity contribution in [3.8, 4) is 0 Å². The van der Waals surface area contributed by atoms with Gasteiger partial charge in [-0.25, -0.2) is 4.99 Å². The van der Waals surface area contributed by atoms with E-state index in [1.807, 2.05) is 12.1 Å². The maximum Gasteiger partial charge on any atom is 0.193 e. The molecule has 0 heterocycles. The average molecular weight is 245 g/mol. The molecule has 18 heavy (non-hydrogen) atoms. The highest BCUT2D eigenvalue weighted by molar-refractivity contribution is 5.92. The number of nitrogens with zero attached hydrogens (tertiary/aromatic N) is 1. The Morgan fingerprint density at radius 1 is 1.39 bits per heavy atom. The number of hydrogen-bond donors (Lipinski definition) is 2. The molecule has 0 aliphatic heterocycles. The van der Waals surface area contributed by atoms with Crippen molar-refractivity contribution < 1.29 is 0 Å². The Morgan fingerprint density at radius 2 is 2.06 bits per heavy atom. The zero-order valence-corrected chi connectivity index (χ0v) is 11.5. The number of guanidine groups is 1. The van der Waals surface area contributed by atoms with Gasteiger partial charge in [0.15, 0.2) is 5.96 Å². The van der Waals surface area contributed by atoms with Crippen LogP contribution in [0.1, 0.15) is 39.2 Å². The lowest BCUT2D eigenvalue weighted by atomic mass is 9.68. The first kappa shape index (κ1) is 12.9. The van der Waals surface area contributed by atoms with Crippen LogP contribution >= 0.6 is 0 Å². The first-order valence-electron chi connectivity index (χ1n) is 6.70. The van der Waals surface area contributed by atoms with Gasteiger partial charge in [0.25, 0.3) is 0 Å². The van der Waals surface area contributed by atoms with Crippen molar-refractivity contribution in [2.75, 3.05) is 5.32 Å². The summed E-state index contributed by atoms with van der Waals surface area (Å²) in [5.41, 5.74) is 8.59. The van der Waals surface area contributed by atoms with Gasteiger partial charge in [-0.15, -0.1) is 0 Å². The van der Waals surface area contributed by atoms with Crippen molar-refractivity contribution in [3.05, 3.63) is 29.8 Å². The molecule has 1 saturated carbocycles. The number of benzene rings is 1. The molecule has 3 heteroatoms. The fraction of sp³-hybridized carbons (Fsp3) is 0.533. The fourth-order valence-corrected chi connectivity index (χ4v) is 2.26. The minimum atomic E-state index is 0.304. The minimum absolute atomic E-state index is 0.304. The van der Waals surface area contributed by atoms with E-state index in [1.54, 1.807) is 0 Å². The normalized spacial score (nSPS) is 22.4. The molecule has 0 spiro atoms. The monoisotopic (exact) mass is 245 g/mol. The summed E-state index contributed by atoms with van der Waals surface area (Å²) in [6.45, 7) is 6.64. The van der Waals surface area contributed by atoms with Crippen LogP contribution in [0.25, 0.3) is 0 Å². The van der Waals surface area contributed by atoms with Gasteiger partial charge < -0.3 is 11.1 Å². The predicted molar refractivity (Wildman–Crippen MR) is 77.9 cm³/mol. The van der Waals surface area contributed by atoms with E-state index < -0.39 is 0 Å². The van der Waals surface area contributed by atoms with E-state index in [9.17, 15) is 0 Å². The van der Waals surface area contributed by atoms with Gasteiger partial charge in [-0.1, -0.05) is 32.9 Å². The Kier molecular flexibility index (Phi) is 3.60. The van der Waals surface area contributed by atoms with E-state index in [4.69, 9.17) is 5.73 Å². The van der Waals surface area contributed by atoms with Crippen LogP contribution in [-0.2, 0) is 6.42 Å². The van der Waals surface area contributed by atoms with Crippen LogP contribution in [0.2, 0.25) is 0 Å². The van der Waals surface area contributed by atoms with Crippen LogP contribution in [0.3, 0.4) is 0 Å². The Balaban J connectivity index is 1.98. The van der Waals surface area contributed by atoms with Gasteiger partial charge >= 0.3 is 0 Å². The Morgan fingerprint density at radius 3 is 2.50 bits per heavy atom. The summed E-state index contributed by atoms with van der Waals surface area (Å²) in [6, 6.07) is 8.69. The molecule has 1 aliphatic rings. The lowest BCUT2D eigenvalue weighted by Crippen LogP contribution is -2.40. The van der Waals surface area contributed by atoms with Crippen molar-refractivity contribution in [3.63, 3.8) is 0 Å². The molecule has 98 valence electrons. The molecule has 1 aromatic carbocycles. The molecule has 0 saturated heterocycles. The Bertz CT molecular complexity index is 432. The smallest absolute Gasteiger partial charge is 0.193 e. The number of hydrogen-bond acceptors (Lipinski definition) is 1. The van der Waals surface area contributed by atoms with Crippen LogP contribution in [0, 0.1) is 5.41 Å². The molecule has 1 aliphatic carbocycles. The van der Waals surface area contributed by atoms with Gasteiger partial charge in [0.05, 0.1) is 6.04 Å². The molecular formula is C15H23N3. The first-order valence-corrected chi connectivity index (χ1v) is 6.70. The lowest BCUT2D eigenvalue weighted by Gasteiger charge is -2.41. The molecule has 3 N–H and O–H groups in total. The van der Waals surface area contributed by atoms with E-state index in [-0.39, 0.29) is 0 Å². The van der Waals surface area contributed by atoms with Crippen molar-refractivity contribution in [2.45, 2.75) is 46.1 Å². The van der Waals surface area contributed by atoms with Crippen molar-refractivity contribution in [2.24, 2.45) is 16.1 Å². The summed E-state index contributed by atoms with van der Waals surface area (Å²) >= 11 is 0. The molecule has 2 rings (SSSR count). The van der Waals surface area contributed by atoms with E-state index in [0.717, 1.165) is 18.5 Å². The summed E-state index contributed by atoms with van der Waals surface area (Å²) in [4.78, 5) is 4.56. The number of rotatable bonds is 3. The second kappa shape index (κ2) is 5.01. The lowest BCUT2D eigenvalue weighted by molar-refractivity contribution is 0.145. The third-order valence-electron chi connectivity index (χ3n) is 3.89. The third kappa shape index (κ3) is 2.84. The standard InChI is InChI=1S/C15H23N3/c1-4-11-5-7-12(8-6-11)17-14(16)18-13-9-10-15(13,2)3/h5-8,13H,4,9-10H2,1-3H3,(H3,16,17,18). The number of aryl methyl sites for hydroxylation is 1. The molecule has 0 radical (unpaired) electrons. The number of nitrogens with one attached hydrogen (secondary N) is 1. The van der Waals surface area contributed by atoms with Crippen LogP contribution < -0.4 is 11.1 Å². The summed E-state index contributed by atoms with van der Waals surface area (Å²) in [6.07, 6.45) is 3.43. The van der Waals surface area contributed by atoms with Crippen LogP contribution in [0.5, 0.6) is 0 Å². The van der Waals surface area contributed by atoms with Gasteiger partial charge in [-0.05, 0) is 42.4 Å². The average Bonchev–Trinajstić information content (AvgIpc) is 2.36. The largest absolute Gasteiger partial charge is 0.370 e. The van der Waals surface area contributed by atoms with Gasteiger partial charge in [0.1, 0.15) is 0 Å². The van der Waals surface area contributed by atoms with Crippen LogP contribution in [-0.4, -0.2) is 12.0 Å². The highest BCUT2D eigenvalue weighted by Crippen LogP contribution is 2.42. The van der Waals surface area contributed by atoms with Crippen molar-refractivity contribution >= 4 is 11.6 Å². The predicted octanol–water partition coefficient (Wildman–Crippen LogP) is 3.16.